The molecule has 196 valence electrons. The van der Waals surface area contributed by atoms with Crippen molar-refractivity contribution in [2.24, 2.45) is 0 Å². The lowest BCUT2D eigenvalue weighted by Crippen LogP contribution is -2.47. The Kier molecular flexibility index (Phi) is 7.64. The Bertz CT molecular complexity index is 1270. The van der Waals surface area contributed by atoms with Gasteiger partial charge in [0.05, 0.1) is 12.0 Å². The van der Waals surface area contributed by atoms with E-state index < -0.39 is 35.3 Å². The molecule has 8 nitrogen and oxygen atoms in total. The molecule has 0 radical (unpaired) electrons. The molecular formula is C30H31N3O5. The van der Waals surface area contributed by atoms with E-state index >= 15 is 0 Å². The van der Waals surface area contributed by atoms with Crippen molar-refractivity contribution in [2.75, 3.05) is 0 Å². The minimum Gasteiger partial charge on any atom is -0.480 e. The van der Waals surface area contributed by atoms with Crippen LogP contribution in [0.1, 0.15) is 49.3 Å². The van der Waals surface area contributed by atoms with Gasteiger partial charge in [-0.1, -0.05) is 91.0 Å². The molecule has 0 aliphatic carbocycles. The number of aliphatic carboxylic acids is 1. The highest BCUT2D eigenvalue weighted by Crippen LogP contribution is 2.41. The van der Waals surface area contributed by atoms with Crippen LogP contribution < -0.4 is 5.32 Å². The molecule has 8 heteroatoms. The maximum atomic E-state index is 12.3. The lowest BCUT2D eigenvalue weighted by molar-refractivity contribution is -0.142. The van der Waals surface area contributed by atoms with Gasteiger partial charge in [0.15, 0.2) is 6.04 Å². The highest BCUT2D eigenvalue weighted by atomic mass is 16.6. The maximum Gasteiger partial charge on any atom is 0.408 e. The van der Waals surface area contributed by atoms with Gasteiger partial charge < -0.3 is 24.8 Å². The number of aromatic nitrogens is 2. The van der Waals surface area contributed by atoms with Crippen molar-refractivity contribution in [2.45, 2.75) is 44.1 Å². The molecule has 38 heavy (non-hydrogen) atoms. The van der Waals surface area contributed by atoms with Crippen molar-refractivity contribution >= 4 is 12.1 Å². The molecule has 0 aliphatic rings. The molecule has 0 fully saturated rings. The SMILES string of the molecule is CC(C)(C)OC(=O)N[C@H](C(=O)O)[C@@H](O)c1cn(C(c2ccccc2)(c2ccccc2)c2ccccc2)cn1. The van der Waals surface area contributed by atoms with Crippen LogP contribution in [0.5, 0.6) is 0 Å². The van der Waals surface area contributed by atoms with E-state index in [9.17, 15) is 19.8 Å². The predicted molar refractivity (Wildman–Crippen MR) is 143 cm³/mol. The number of amides is 1. The molecule has 2 atom stereocenters. The van der Waals surface area contributed by atoms with Crippen molar-refractivity contribution in [1.29, 1.82) is 0 Å². The summed E-state index contributed by atoms with van der Waals surface area (Å²) in [6.45, 7) is 4.99. The second-order valence-corrected chi connectivity index (χ2v) is 9.92. The number of hydrogen-bond donors (Lipinski definition) is 3. The average molecular weight is 514 g/mol. The molecule has 1 aromatic heterocycles. The van der Waals surface area contributed by atoms with Crippen LogP contribution in [0, 0.1) is 0 Å². The number of aliphatic hydroxyl groups is 1. The van der Waals surface area contributed by atoms with Crippen LogP contribution in [0.2, 0.25) is 0 Å². The van der Waals surface area contributed by atoms with Gasteiger partial charge in [-0.05, 0) is 37.5 Å². The van der Waals surface area contributed by atoms with Crippen molar-refractivity contribution in [1.82, 2.24) is 14.9 Å². The van der Waals surface area contributed by atoms with Gasteiger partial charge in [0.25, 0.3) is 0 Å². The zero-order chi connectivity index (χ0) is 27.3. The van der Waals surface area contributed by atoms with Crippen molar-refractivity contribution in [3.8, 4) is 0 Å². The van der Waals surface area contributed by atoms with Crippen LogP contribution in [-0.2, 0) is 15.1 Å². The van der Waals surface area contributed by atoms with Crippen molar-refractivity contribution in [3.63, 3.8) is 0 Å². The summed E-state index contributed by atoms with van der Waals surface area (Å²) < 4.78 is 7.05. The van der Waals surface area contributed by atoms with Crippen LogP contribution in [0.4, 0.5) is 4.79 Å². The molecule has 0 spiro atoms. The summed E-state index contributed by atoms with van der Waals surface area (Å²) in [6.07, 6.45) is 0.597. The zero-order valence-corrected chi connectivity index (χ0v) is 21.5. The molecule has 3 aromatic carbocycles. The molecule has 1 amide bonds. The van der Waals surface area contributed by atoms with Crippen LogP contribution in [0.3, 0.4) is 0 Å². The summed E-state index contributed by atoms with van der Waals surface area (Å²) in [7, 11) is 0. The Morgan fingerprint density at radius 3 is 1.68 bits per heavy atom. The molecule has 4 rings (SSSR count). The zero-order valence-electron chi connectivity index (χ0n) is 21.5. The number of alkyl carbamates (subject to hydrolysis) is 1. The van der Waals surface area contributed by atoms with Crippen LogP contribution in [0.25, 0.3) is 0 Å². The number of aliphatic hydroxyl groups excluding tert-OH is 1. The molecule has 0 bridgehead atoms. The number of nitrogens with one attached hydrogen (secondary N) is 1. The van der Waals surface area contributed by atoms with Crippen molar-refractivity contribution in [3.05, 3.63) is 126 Å². The average Bonchev–Trinajstić information content (AvgIpc) is 3.39. The summed E-state index contributed by atoms with van der Waals surface area (Å²) in [5.41, 5.74) is 1.19. The molecule has 3 N–H and O–H groups in total. The van der Waals surface area contributed by atoms with E-state index in [-0.39, 0.29) is 5.69 Å². The molecule has 0 saturated carbocycles. The molecular weight excluding hydrogens is 482 g/mol. The number of carboxylic acids is 1. The summed E-state index contributed by atoms with van der Waals surface area (Å²) in [5, 5.41) is 23.1. The van der Waals surface area contributed by atoms with Gasteiger partial charge in [-0.2, -0.15) is 0 Å². The minimum absolute atomic E-state index is 0.0839. The monoisotopic (exact) mass is 513 g/mol. The van der Waals surface area contributed by atoms with Crippen LogP contribution >= 0.6 is 0 Å². The third-order valence-corrected chi connectivity index (χ3v) is 6.12. The van der Waals surface area contributed by atoms with Gasteiger partial charge >= 0.3 is 12.1 Å². The number of carbonyl (C=O) groups is 2. The summed E-state index contributed by atoms with van der Waals surface area (Å²) >= 11 is 0. The largest absolute Gasteiger partial charge is 0.480 e. The third kappa shape index (κ3) is 5.45. The fraction of sp³-hybridized carbons (Fsp3) is 0.233. The summed E-state index contributed by atoms with van der Waals surface area (Å²) in [6, 6.07) is 27.9. The maximum absolute atomic E-state index is 12.3. The highest BCUT2D eigenvalue weighted by Gasteiger charge is 2.40. The van der Waals surface area contributed by atoms with Crippen molar-refractivity contribution < 1.29 is 24.5 Å². The summed E-state index contributed by atoms with van der Waals surface area (Å²) in [4.78, 5) is 28.7. The Hall–Kier alpha value is -4.43. The van der Waals surface area contributed by atoms with E-state index in [4.69, 9.17) is 4.74 Å². The predicted octanol–water partition coefficient (Wildman–Crippen LogP) is 4.73. The molecule has 1 heterocycles. The van der Waals surface area contributed by atoms with E-state index in [0.717, 1.165) is 16.7 Å². The van der Waals surface area contributed by atoms with Gasteiger partial charge in [-0.15, -0.1) is 0 Å². The quantitative estimate of drug-likeness (QED) is 0.294. The number of carboxylic acid groups (broad SMARTS) is 1. The first-order valence-corrected chi connectivity index (χ1v) is 12.2. The normalized spacial score (nSPS) is 13.4. The standard InChI is InChI=1S/C30H31N3O5/c1-29(2,3)38-28(37)32-25(27(35)36)26(34)24-19-33(20-31-24)30(21-13-7-4-8-14-21,22-15-9-5-10-16-22)23-17-11-6-12-18-23/h4-20,25-26,34H,1-3H3,(H,32,37)(H,35,36)/t25-,26-/m0/s1. The van der Waals surface area contributed by atoms with Crippen LogP contribution in [0.15, 0.2) is 104 Å². The summed E-state index contributed by atoms with van der Waals surface area (Å²) in [5.74, 6) is -1.42. The number of nitrogens with zero attached hydrogens (tertiary/aromatic N) is 2. The number of benzene rings is 3. The lowest BCUT2D eigenvalue weighted by Gasteiger charge is -2.37. The van der Waals surface area contributed by atoms with E-state index in [0.29, 0.717) is 0 Å². The van der Waals surface area contributed by atoms with Gasteiger partial charge in [-0.3, -0.25) is 0 Å². The number of carbonyl (C=O) groups excluding carboxylic acids is 1. The second kappa shape index (κ2) is 10.9. The molecule has 0 saturated heterocycles. The lowest BCUT2D eigenvalue weighted by atomic mass is 9.77. The fourth-order valence-electron chi connectivity index (χ4n) is 4.54. The van der Waals surface area contributed by atoms with E-state index in [1.807, 2.05) is 95.6 Å². The van der Waals surface area contributed by atoms with E-state index in [1.54, 1.807) is 33.3 Å². The number of imidazole rings is 1. The first-order chi connectivity index (χ1) is 18.1. The number of hydrogen-bond acceptors (Lipinski definition) is 5. The number of rotatable bonds is 8. The van der Waals surface area contributed by atoms with E-state index in [2.05, 4.69) is 10.3 Å². The third-order valence-electron chi connectivity index (χ3n) is 6.12. The van der Waals surface area contributed by atoms with Crippen LogP contribution in [-0.4, -0.2) is 43.5 Å². The Balaban J connectivity index is 1.83. The fourth-order valence-corrected chi connectivity index (χ4v) is 4.54. The number of ether oxygens (including phenoxy) is 1. The van der Waals surface area contributed by atoms with Gasteiger partial charge in [0, 0.05) is 6.20 Å². The Morgan fingerprint density at radius 1 is 0.842 bits per heavy atom. The first kappa shape index (κ1) is 26.6. The first-order valence-electron chi connectivity index (χ1n) is 12.2. The van der Waals surface area contributed by atoms with E-state index in [1.165, 1.54) is 0 Å². The topological polar surface area (TPSA) is 114 Å². The smallest absolute Gasteiger partial charge is 0.408 e. The Morgan fingerprint density at radius 2 is 1.29 bits per heavy atom. The Labute approximate surface area is 221 Å². The van der Waals surface area contributed by atoms with Gasteiger partial charge in [-0.25, -0.2) is 14.6 Å². The highest BCUT2D eigenvalue weighted by molar-refractivity contribution is 5.80. The molecule has 0 unspecified atom stereocenters. The second-order valence-electron chi connectivity index (χ2n) is 9.92. The van der Waals surface area contributed by atoms with Gasteiger partial charge in [0.2, 0.25) is 0 Å². The molecule has 4 aromatic rings. The molecule has 0 aliphatic heterocycles. The van der Waals surface area contributed by atoms with Gasteiger partial charge in [0.1, 0.15) is 17.2 Å². The minimum atomic E-state index is -1.67.